The molecule has 0 radical (unpaired) electrons. The van der Waals surface area contributed by atoms with Gasteiger partial charge < -0.3 is 5.73 Å². The molecule has 0 bridgehead atoms. The van der Waals surface area contributed by atoms with Gasteiger partial charge in [-0.15, -0.1) is 0 Å². The molecule has 0 aromatic carbocycles. The number of nitro groups is 1. The van der Waals surface area contributed by atoms with Gasteiger partial charge in [-0.25, -0.2) is 4.98 Å². The molecule has 1 rings (SSSR count). The highest BCUT2D eigenvalue weighted by molar-refractivity contribution is 5.97. The summed E-state index contributed by atoms with van der Waals surface area (Å²) in [6, 6.07) is 1.19. The van der Waals surface area contributed by atoms with Crippen molar-refractivity contribution in [2.75, 3.05) is 18.0 Å². The van der Waals surface area contributed by atoms with Crippen molar-refractivity contribution in [2.24, 2.45) is 5.73 Å². The summed E-state index contributed by atoms with van der Waals surface area (Å²) < 4.78 is 0. The minimum absolute atomic E-state index is 0.128. The third kappa shape index (κ3) is 2.68. The van der Waals surface area contributed by atoms with E-state index in [0.717, 1.165) is 0 Å². The fourth-order valence-electron chi connectivity index (χ4n) is 1.57. The first-order valence-corrected chi connectivity index (χ1v) is 5.26. The van der Waals surface area contributed by atoms with Crippen molar-refractivity contribution in [1.29, 1.82) is 0 Å². The number of amides is 1. The lowest BCUT2D eigenvalue weighted by Crippen LogP contribution is -2.32. The van der Waals surface area contributed by atoms with Crippen LogP contribution in [0.5, 0.6) is 0 Å². The molecule has 0 aliphatic carbocycles. The average Bonchev–Trinajstić information content (AvgIpc) is 2.30. The van der Waals surface area contributed by atoms with Crippen LogP contribution in [0.2, 0.25) is 0 Å². The molecule has 0 unspecified atom stereocenters. The number of primary amides is 1. The van der Waals surface area contributed by atoms with E-state index in [1.54, 1.807) is 0 Å². The molecular weight excluding hydrogens is 224 g/mol. The molecule has 1 aromatic rings. The smallest absolute Gasteiger partial charge is 0.309 e. The van der Waals surface area contributed by atoms with E-state index in [1.165, 1.54) is 12.3 Å². The Morgan fingerprint density at radius 1 is 1.53 bits per heavy atom. The summed E-state index contributed by atoms with van der Waals surface area (Å²) in [5.41, 5.74) is 5.16. The van der Waals surface area contributed by atoms with Gasteiger partial charge in [0.25, 0.3) is 11.7 Å². The highest BCUT2D eigenvalue weighted by Gasteiger charge is 2.24. The summed E-state index contributed by atoms with van der Waals surface area (Å²) >= 11 is 0. The van der Waals surface area contributed by atoms with Gasteiger partial charge in [-0.2, -0.15) is 0 Å². The topological polar surface area (TPSA) is 104 Å². The van der Waals surface area contributed by atoms with Crippen molar-refractivity contribution in [3.8, 4) is 0 Å². The highest BCUT2D eigenvalue weighted by atomic mass is 16.6. The molecule has 0 spiro atoms. The Kier molecular flexibility index (Phi) is 3.97. The molecule has 1 aromatic heterocycles. The lowest BCUT2D eigenvalue weighted by atomic mass is 10.2. The maximum absolute atomic E-state index is 11.3. The van der Waals surface area contributed by atoms with Crippen LogP contribution in [-0.2, 0) is 0 Å². The molecule has 0 aliphatic rings. The normalized spacial score (nSPS) is 10.0. The number of nitrogens with one attached hydrogen (secondary N) is 1. The maximum atomic E-state index is 11.3. The Morgan fingerprint density at radius 3 is 2.53 bits per heavy atom. The first-order chi connectivity index (χ1) is 8.01. The number of aromatic nitrogens is 1. The number of carbonyl (C=O) groups is 1. The monoisotopic (exact) mass is 239 g/mol. The van der Waals surface area contributed by atoms with Crippen molar-refractivity contribution in [3.05, 3.63) is 27.9 Å². The van der Waals surface area contributed by atoms with Crippen LogP contribution < -0.4 is 15.6 Å². The van der Waals surface area contributed by atoms with E-state index < -0.39 is 10.8 Å². The van der Waals surface area contributed by atoms with E-state index >= 15 is 0 Å². The second-order valence-electron chi connectivity index (χ2n) is 3.41. The number of pyridine rings is 1. The highest BCUT2D eigenvalue weighted by Crippen LogP contribution is 2.18. The van der Waals surface area contributed by atoms with E-state index in [-0.39, 0.29) is 11.3 Å². The van der Waals surface area contributed by atoms with E-state index in [4.69, 9.17) is 5.73 Å². The predicted octanol–water partition coefficient (Wildman–Crippen LogP) is 0.354. The molecule has 0 saturated carbocycles. The van der Waals surface area contributed by atoms with Gasteiger partial charge >= 0.3 is 5.69 Å². The number of rotatable bonds is 5. The van der Waals surface area contributed by atoms with Gasteiger partial charge in [0.1, 0.15) is 5.56 Å². The van der Waals surface area contributed by atoms with Crippen LogP contribution in [0, 0.1) is 10.1 Å². The molecule has 0 fully saturated rings. The zero-order valence-electron chi connectivity index (χ0n) is 9.77. The molecule has 7 nitrogen and oxygen atoms in total. The van der Waals surface area contributed by atoms with Gasteiger partial charge in [-0.05, 0) is 13.8 Å². The molecule has 92 valence electrons. The Hall–Kier alpha value is -2.18. The van der Waals surface area contributed by atoms with Gasteiger partial charge in [0.15, 0.2) is 6.20 Å². The van der Waals surface area contributed by atoms with E-state index in [0.29, 0.717) is 18.9 Å². The molecule has 0 aliphatic heterocycles. The van der Waals surface area contributed by atoms with Crippen LogP contribution >= 0.6 is 0 Å². The second kappa shape index (κ2) is 5.24. The summed E-state index contributed by atoms with van der Waals surface area (Å²) in [5.74, 6) is -0.181. The lowest BCUT2D eigenvalue weighted by Gasteiger charge is -2.13. The molecule has 17 heavy (non-hydrogen) atoms. The number of nitrogens with zero attached hydrogens (tertiary/aromatic N) is 2. The van der Waals surface area contributed by atoms with Crippen molar-refractivity contribution >= 4 is 17.4 Å². The molecule has 7 heteroatoms. The number of nitrogens with two attached hydrogens (primary N) is 1. The fourth-order valence-corrected chi connectivity index (χ4v) is 1.57. The fraction of sp³-hybridized carbons (Fsp3) is 0.400. The predicted molar refractivity (Wildman–Crippen MR) is 61.7 cm³/mol. The van der Waals surface area contributed by atoms with Crippen molar-refractivity contribution < 1.29 is 14.7 Å². The summed E-state index contributed by atoms with van der Waals surface area (Å²) in [5, 5.41) is 10.6. The number of aromatic amines is 1. The number of carbonyl (C=O) groups excluding carboxylic acids is 1. The van der Waals surface area contributed by atoms with Crippen LogP contribution in [0.1, 0.15) is 24.2 Å². The molecule has 1 heterocycles. The van der Waals surface area contributed by atoms with Gasteiger partial charge in [-0.3, -0.25) is 19.8 Å². The Balaban J connectivity index is 3.31. The summed E-state index contributed by atoms with van der Waals surface area (Å²) in [6.07, 6.45) is 1.25. The van der Waals surface area contributed by atoms with Crippen LogP contribution in [0.15, 0.2) is 12.3 Å². The van der Waals surface area contributed by atoms with Crippen molar-refractivity contribution in [2.45, 2.75) is 13.8 Å². The minimum atomic E-state index is -0.688. The largest absolute Gasteiger partial charge is 0.365 e. The van der Waals surface area contributed by atoms with Crippen LogP contribution in [0.4, 0.5) is 11.5 Å². The van der Waals surface area contributed by atoms with Gasteiger partial charge in [0, 0.05) is 6.07 Å². The maximum Gasteiger partial charge on any atom is 0.309 e. The van der Waals surface area contributed by atoms with Crippen LogP contribution in [-0.4, -0.2) is 23.9 Å². The quantitative estimate of drug-likeness (QED) is 0.591. The Bertz CT molecular complexity index is 443. The summed E-state index contributed by atoms with van der Waals surface area (Å²) in [7, 11) is 0. The van der Waals surface area contributed by atoms with Gasteiger partial charge in [0.05, 0.1) is 18.0 Å². The minimum Gasteiger partial charge on any atom is -0.365 e. The van der Waals surface area contributed by atoms with E-state index in [9.17, 15) is 14.9 Å². The summed E-state index contributed by atoms with van der Waals surface area (Å²) in [4.78, 5) is 25.9. The average molecular weight is 239 g/mol. The molecular formula is C10H15N4O3+. The first-order valence-electron chi connectivity index (χ1n) is 5.26. The number of hydrogen-bond donors (Lipinski definition) is 1. The number of anilines is 1. The SMILES string of the molecule is CCN(CC)c1[nH+]cc([N+](=O)[O-])cc1C(N)=O. The van der Waals surface area contributed by atoms with Gasteiger partial charge in [-0.1, -0.05) is 0 Å². The Labute approximate surface area is 98.4 Å². The van der Waals surface area contributed by atoms with Crippen LogP contribution in [0.25, 0.3) is 0 Å². The van der Waals surface area contributed by atoms with E-state index in [1.807, 2.05) is 18.7 Å². The third-order valence-corrected chi connectivity index (χ3v) is 2.46. The lowest BCUT2D eigenvalue weighted by molar-refractivity contribution is -0.414. The third-order valence-electron chi connectivity index (χ3n) is 2.46. The molecule has 1 amide bonds. The zero-order chi connectivity index (χ0) is 13.0. The zero-order valence-corrected chi connectivity index (χ0v) is 9.77. The van der Waals surface area contributed by atoms with E-state index in [2.05, 4.69) is 4.98 Å². The molecule has 0 atom stereocenters. The standard InChI is InChI=1S/C10H14N4O3/c1-3-13(4-2)10-8(9(11)15)5-7(6-12-10)14(16)17/h5-6H,3-4H2,1-2H3,(H2,11,15)/p+1. The molecule has 3 N–H and O–H groups in total. The molecule has 0 saturated heterocycles. The number of H-pyrrole nitrogens is 1. The van der Waals surface area contributed by atoms with Crippen molar-refractivity contribution in [3.63, 3.8) is 0 Å². The Morgan fingerprint density at radius 2 is 2.12 bits per heavy atom. The summed E-state index contributed by atoms with van der Waals surface area (Å²) in [6.45, 7) is 5.18. The second-order valence-corrected chi connectivity index (χ2v) is 3.41. The van der Waals surface area contributed by atoms with Crippen molar-refractivity contribution in [1.82, 2.24) is 0 Å². The van der Waals surface area contributed by atoms with Gasteiger partial charge in [0.2, 0.25) is 0 Å². The first kappa shape index (κ1) is 12.9. The number of hydrogen-bond acceptors (Lipinski definition) is 4. The van der Waals surface area contributed by atoms with Crippen LogP contribution in [0.3, 0.4) is 0 Å².